The summed E-state index contributed by atoms with van der Waals surface area (Å²) in [6, 6.07) is 15.7. The number of amides is 1. The van der Waals surface area contributed by atoms with Crippen LogP contribution in [-0.4, -0.2) is 22.9 Å². The molecule has 0 radical (unpaired) electrons. The Labute approximate surface area is 170 Å². The molecule has 1 amide bonds. The molecule has 2 aromatic carbocycles. The molecule has 1 aliphatic heterocycles. The van der Waals surface area contributed by atoms with Crippen LogP contribution in [0, 0.1) is 0 Å². The molecule has 1 N–H and O–H groups in total. The first-order chi connectivity index (χ1) is 13.7. The van der Waals surface area contributed by atoms with E-state index >= 15 is 0 Å². The van der Waals surface area contributed by atoms with Gasteiger partial charge in [-0.1, -0.05) is 59.5 Å². The van der Waals surface area contributed by atoms with Crippen LogP contribution in [0.3, 0.4) is 0 Å². The molecular formula is C20H17N3O3S2. The van der Waals surface area contributed by atoms with Gasteiger partial charge in [-0.15, -0.1) is 10.2 Å². The van der Waals surface area contributed by atoms with Gasteiger partial charge in [-0.2, -0.15) is 0 Å². The van der Waals surface area contributed by atoms with E-state index in [4.69, 9.17) is 9.47 Å². The van der Waals surface area contributed by atoms with Gasteiger partial charge in [0, 0.05) is 11.3 Å². The van der Waals surface area contributed by atoms with Crippen molar-refractivity contribution in [2.45, 2.75) is 16.5 Å². The Bertz CT molecular complexity index is 1000. The smallest absolute Gasteiger partial charge is 0.250 e. The summed E-state index contributed by atoms with van der Waals surface area (Å²) < 4.78 is 11.4. The average Bonchev–Trinajstić information content (AvgIpc) is 3.36. The van der Waals surface area contributed by atoms with E-state index in [1.165, 1.54) is 23.0 Å². The summed E-state index contributed by atoms with van der Waals surface area (Å²) in [5.74, 6) is 1.13. The van der Waals surface area contributed by atoms with Crippen molar-refractivity contribution >= 4 is 40.2 Å². The predicted molar refractivity (Wildman–Crippen MR) is 111 cm³/mol. The summed E-state index contributed by atoms with van der Waals surface area (Å²) in [6.07, 6.45) is 3.17. The number of thioether (sulfide) groups is 1. The van der Waals surface area contributed by atoms with Crippen molar-refractivity contribution in [3.05, 3.63) is 65.7 Å². The zero-order chi connectivity index (χ0) is 19.3. The van der Waals surface area contributed by atoms with Gasteiger partial charge in [0.1, 0.15) is 0 Å². The maximum Gasteiger partial charge on any atom is 0.250 e. The maximum absolute atomic E-state index is 12.2. The van der Waals surface area contributed by atoms with Gasteiger partial charge in [0.05, 0.1) is 0 Å². The van der Waals surface area contributed by atoms with Gasteiger partial charge >= 0.3 is 0 Å². The van der Waals surface area contributed by atoms with Gasteiger partial charge < -0.3 is 9.47 Å². The number of ether oxygens (including phenoxy) is 2. The predicted octanol–water partition coefficient (Wildman–Crippen LogP) is 4.77. The first-order valence-corrected chi connectivity index (χ1v) is 10.3. The molecule has 0 saturated heterocycles. The second-order valence-electron chi connectivity index (χ2n) is 5.98. The van der Waals surface area contributed by atoms with E-state index in [1.807, 2.05) is 36.4 Å². The van der Waals surface area contributed by atoms with Crippen LogP contribution in [0.2, 0.25) is 0 Å². The van der Waals surface area contributed by atoms with Crippen molar-refractivity contribution in [1.29, 1.82) is 0 Å². The van der Waals surface area contributed by atoms with Gasteiger partial charge in [0.25, 0.3) is 0 Å². The third kappa shape index (κ3) is 4.52. The number of nitrogens with one attached hydrogen (secondary N) is 1. The highest BCUT2D eigenvalue weighted by Crippen LogP contribution is 2.37. The Morgan fingerprint density at radius 2 is 2.00 bits per heavy atom. The highest BCUT2D eigenvalue weighted by Gasteiger charge is 2.13. The Morgan fingerprint density at radius 1 is 1.18 bits per heavy atom. The largest absolute Gasteiger partial charge is 0.454 e. The molecule has 8 heteroatoms. The Morgan fingerprint density at radius 3 is 2.86 bits per heavy atom. The number of hydrogen-bond donors (Lipinski definition) is 1. The SMILES string of the molecule is CC(Sc1nnc(NC(=O)/C=C\c2ccc3c(c2)OCO3)s1)c1ccccc1. The summed E-state index contributed by atoms with van der Waals surface area (Å²) in [7, 11) is 0. The second kappa shape index (κ2) is 8.45. The second-order valence-corrected chi connectivity index (χ2v) is 8.54. The van der Waals surface area contributed by atoms with E-state index in [1.54, 1.807) is 17.8 Å². The summed E-state index contributed by atoms with van der Waals surface area (Å²) in [5.41, 5.74) is 2.07. The van der Waals surface area contributed by atoms with Crippen molar-refractivity contribution in [3.8, 4) is 11.5 Å². The number of hydrogen-bond acceptors (Lipinski definition) is 7. The van der Waals surface area contributed by atoms with E-state index in [9.17, 15) is 4.79 Å². The molecule has 0 spiro atoms. The van der Waals surface area contributed by atoms with Gasteiger partial charge in [-0.25, -0.2) is 0 Å². The molecule has 3 aromatic rings. The van der Waals surface area contributed by atoms with E-state index in [-0.39, 0.29) is 18.0 Å². The van der Waals surface area contributed by atoms with Crippen molar-refractivity contribution < 1.29 is 14.3 Å². The zero-order valence-corrected chi connectivity index (χ0v) is 16.6. The van der Waals surface area contributed by atoms with Crippen LogP contribution in [0.1, 0.15) is 23.3 Å². The van der Waals surface area contributed by atoms with Gasteiger partial charge in [0.15, 0.2) is 15.8 Å². The topological polar surface area (TPSA) is 73.3 Å². The van der Waals surface area contributed by atoms with Gasteiger partial charge in [-0.3, -0.25) is 10.1 Å². The molecule has 2 heterocycles. The van der Waals surface area contributed by atoms with Crippen molar-refractivity contribution in [3.63, 3.8) is 0 Å². The molecular weight excluding hydrogens is 394 g/mol. The van der Waals surface area contributed by atoms with Crippen molar-refractivity contribution in [2.75, 3.05) is 12.1 Å². The Balaban J connectivity index is 1.34. The average molecular weight is 412 g/mol. The first kappa shape index (κ1) is 18.5. The molecule has 28 heavy (non-hydrogen) atoms. The first-order valence-electron chi connectivity index (χ1n) is 8.61. The molecule has 1 unspecified atom stereocenters. The van der Waals surface area contributed by atoms with Crippen LogP contribution in [0.5, 0.6) is 11.5 Å². The van der Waals surface area contributed by atoms with Gasteiger partial charge in [-0.05, 0) is 36.3 Å². The molecule has 142 valence electrons. The van der Waals surface area contributed by atoms with Crippen molar-refractivity contribution in [2.24, 2.45) is 0 Å². The van der Waals surface area contributed by atoms with Crippen LogP contribution in [-0.2, 0) is 4.79 Å². The quantitative estimate of drug-likeness (QED) is 0.358. The Hall–Kier alpha value is -2.84. The van der Waals surface area contributed by atoms with Crippen LogP contribution < -0.4 is 14.8 Å². The molecule has 0 bridgehead atoms. The van der Waals surface area contributed by atoms with Crippen LogP contribution in [0.25, 0.3) is 6.08 Å². The summed E-state index contributed by atoms with van der Waals surface area (Å²) in [5, 5.41) is 11.7. The minimum absolute atomic E-state index is 0.225. The molecule has 6 nitrogen and oxygen atoms in total. The minimum atomic E-state index is -0.263. The normalized spacial score (nSPS) is 13.6. The summed E-state index contributed by atoms with van der Waals surface area (Å²) in [4.78, 5) is 12.2. The lowest BCUT2D eigenvalue weighted by Gasteiger charge is -2.08. The Kier molecular flexibility index (Phi) is 5.59. The monoisotopic (exact) mass is 411 g/mol. The van der Waals surface area contributed by atoms with Crippen LogP contribution >= 0.6 is 23.1 Å². The van der Waals surface area contributed by atoms with E-state index < -0.39 is 0 Å². The maximum atomic E-state index is 12.2. The fraction of sp³-hybridized carbons (Fsp3) is 0.150. The molecule has 0 aliphatic carbocycles. The molecule has 1 atom stereocenters. The molecule has 1 aromatic heterocycles. The number of carbonyl (C=O) groups excluding carboxylic acids is 1. The standard InChI is InChI=1S/C20H17N3O3S2/c1-13(15-5-3-2-4-6-15)27-20-23-22-19(28-20)21-18(24)10-8-14-7-9-16-17(11-14)26-12-25-16/h2-11,13H,12H2,1H3,(H,21,22,24)/b10-8-. The third-order valence-electron chi connectivity index (χ3n) is 4.01. The molecule has 4 rings (SSSR count). The number of carbonyl (C=O) groups is 1. The van der Waals surface area contributed by atoms with Crippen molar-refractivity contribution in [1.82, 2.24) is 10.2 Å². The lowest BCUT2D eigenvalue weighted by molar-refractivity contribution is -0.111. The summed E-state index contributed by atoms with van der Waals surface area (Å²) >= 11 is 2.98. The lowest BCUT2D eigenvalue weighted by atomic mass is 10.2. The minimum Gasteiger partial charge on any atom is -0.454 e. The highest BCUT2D eigenvalue weighted by molar-refractivity contribution is 8.01. The van der Waals surface area contributed by atoms with E-state index in [2.05, 4.69) is 34.6 Å². The van der Waals surface area contributed by atoms with E-state index in [0.29, 0.717) is 16.6 Å². The molecule has 0 saturated carbocycles. The van der Waals surface area contributed by atoms with E-state index in [0.717, 1.165) is 9.90 Å². The highest BCUT2D eigenvalue weighted by atomic mass is 32.2. The summed E-state index contributed by atoms with van der Waals surface area (Å²) in [6.45, 7) is 2.34. The zero-order valence-electron chi connectivity index (χ0n) is 15.0. The van der Waals surface area contributed by atoms with Crippen LogP contribution in [0.4, 0.5) is 5.13 Å². The molecule has 0 fully saturated rings. The number of rotatable bonds is 6. The number of aromatic nitrogens is 2. The number of fused-ring (bicyclic) bond motifs is 1. The number of anilines is 1. The van der Waals surface area contributed by atoms with Gasteiger partial charge in [0.2, 0.25) is 17.8 Å². The number of nitrogens with zero attached hydrogens (tertiary/aromatic N) is 2. The van der Waals surface area contributed by atoms with Crippen LogP contribution in [0.15, 0.2) is 58.9 Å². The molecule has 1 aliphatic rings. The number of benzene rings is 2. The fourth-order valence-corrected chi connectivity index (χ4v) is 4.61. The lowest BCUT2D eigenvalue weighted by Crippen LogP contribution is -2.07. The fourth-order valence-electron chi connectivity index (χ4n) is 2.59. The third-order valence-corrected chi connectivity index (χ3v) is 6.09.